The number of rotatable bonds is 3. The van der Waals surface area contributed by atoms with Crippen molar-refractivity contribution in [1.82, 2.24) is 9.78 Å². The van der Waals surface area contributed by atoms with Crippen LogP contribution >= 0.6 is 23.2 Å². The minimum Gasteiger partial charge on any atom is -0.292 e. The second-order valence-electron chi connectivity index (χ2n) is 3.97. The summed E-state index contributed by atoms with van der Waals surface area (Å²) in [5, 5.41) is 4.01. The Morgan fingerprint density at radius 3 is 2.55 bits per heavy atom. The average Bonchev–Trinajstić information content (AvgIpc) is 2.76. The topological polar surface area (TPSA) is 34.9 Å². The molecular formula is C12H7Cl2F3N2O. The number of alkyl halides is 3. The molecule has 0 aliphatic rings. The molecule has 0 spiro atoms. The summed E-state index contributed by atoms with van der Waals surface area (Å²) in [6, 6.07) is 4.28. The standard InChI is InChI=1S/C12H7Cl2F3N2O/c13-8-1-2-9(10(14)3-8)11(20)6-19-5-7(4-18-19)12(15,16)17/h1-5H,6H2. The van der Waals surface area contributed by atoms with Gasteiger partial charge in [0.15, 0.2) is 5.78 Å². The van der Waals surface area contributed by atoms with Gasteiger partial charge in [0.05, 0.1) is 16.8 Å². The molecule has 106 valence electrons. The van der Waals surface area contributed by atoms with E-state index < -0.39 is 17.5 Å². The van der Waals surface area contributed by atoms with Gasteiger partial charge in [-0.1, -0.05) is 23.2 Å². The second-order valence-corrected chi connectivity index (χ2v) is 4.82. The molecule has 1 aromatic carbocycles. The van der Waals surface area contributed by atoms with Crippen LogP contribution < -0.4 is 0 Å². The third kappa shape index (κ3) is 3.32. The molecule has 0 fully saturated rings. The fraction of sp³-hybridized carbons (Fsp3) is 0.167. The van der Waals surface area contributed by atoms with Gasteiger partial charge in [0.25, 0.3) is 0 Å². The number of carbonyl (C=O) groups excluding carboxylic acids is 1. The van der Waals surface area contributed by atoms with Crippen LogP contribution in [0.4, 0.5) is 13.2 Å². The fourth-order valence-corrected chi connectivity index (χ4v) is 2.06. The van der Waals surface area contributed by atoms with E-state index in [1.54, 1.807) is 0 Å². The first-order valence-corrected chi connectivity index (χ1v) is 6.11. The Morgan fingerprint density at radius 2 is 2.00 bits per heavy atom. The van der Waals surface area contributed by atoms with Crippen molar-refractivity contribution in [3.05, 3.63) is 51.8 Å². The maximum Gasteiger partial charge on any atom is 0.419 e. The van der Waals surface area contributed by atoms with Crippen molar-refractivity contribution >= 4 is 29.0 Å². The summed E-state index contributed by atoms with van der Waals surface area (Å²) in [7, 11) is 0. The third-order valence-electron chi connectivity index (χ3n) is 2.50. The number of carbonyl (C=O) groups is 1. The van der Waals surface area contributed by atoms with Gasteiger partial charge in [-0.15, -0.1) is 0 Å². The molecule has 0 aliphatic heterocycles. The number of Topliss-reactive ketones (excluding diaryl/α,β-unsaturated/α-hetero) is 1. The summed E-state index contributed by atoms with van der Waals surface area (Å²) in [5.41, 5.74) is -0.729. The van der Waals surface area contributed by atoms with E-state index in [0.29, 0.717) is 11.2 Å². The van der Waals surface area contributed by atoms with Gasteiger partial charge >= 0.3 is 6.18 Å². The minimum atomic E-state index is -4.49. The predicted molar refractivity (Wildman–Crippen MR) is 68.0 cm³/mol. The van der Waals surface area contributed by atoms with Crippen molar-refractivity contribution in [2.24, 2.45) is 0 Å². The van der Waals surface area contributed by atoms with E-state index in [-0.39, 0.29) is 17.1 Å². The lowest BCUT2D eigenvalue weighted by molar-refractivity contribution is -0.137. The maximum absolute atomic E-state index is 12.4. The molecule has 0 atom stereocenters. The first kappa shape index (κ1) is 14.9. The molecule has 1 heterocycles. The Bertz CT molecular complexity index is 652. The largest absolute Gasteiger partial charge is 0.419 e. The third-order valence-corrected chi connectivity index (χ3v) is 3.05. The number of aromatic nitrogens is 2. The maximum atomic E-state index is 12.4. The van der Waals surface area contributed by atoms with E-state index in [1.807, 2.05) is 0 Å². The van der Waals surface area contributed by atoms with Crippen LogP contribution in [0.15, 0.2) is 30.6 Å². The van der Waals surface area contributed by atoms with Crippen LogP contribution in [-0.4, -0.2) is 15.6 Å². The quantitative estimate of drug-likeness (QED) is 0.798. The van der Waals surface area contributed by atoms with Crippen molar-refractivity contribution in [2.75, 3.05) is 0 Å². The van der Waals surface area contributed by atoms with E-state index >= 15 is 0 Å². The lowest BCUT2D eigenvalue weighted by Gasteiger charge is -2.04. The number of halogens is 5. The molecule has 3 nitrogen and oxygen atoms in total. The van der Waals surface area contributed by atoms with E-state index in [4.69, 9.17) is 23.2 Å². The lowest BCUT2D eigenvalue weighted by atomic mass is 10.1. The zero-order chi connectivity index (χ0) is 14.9. The zero-order valence-corrected chi connectivity index (χ0v) is 11.3. The highest BCUT2D eigenvalue weighted by molar-refractivity contribution is 6.36. The van der Waals surface area contributed by atoms with Gasteiger partial charge in [-0.25, -0.2) is 0 Å². The van der Waals surface area contributed by atoms with Crippen molar-refractivity contribution in [3.8, 4) is 0 Å². The number of hydrogen-bond donors (Lipinski definition) is 0. The van der Waals surface area contributed by atoms with Crippen molar-refractivity contribution in [3.63, 3.8) is 0 Å². The molecule has 2 rings (SSSR count). The van der Waals surface area contributed by atoms with E-state index in [9.17, 15) is 18.0 Å². The Labute approximate surface area is 121 Å². The molecular weight excluding hydrogens is 316 g/mol. The Kier molecular flexibility index (Phi) is 4.06. The highest BCUT2D eigenvalue weighted by atomic mass is 35.5. The van der Waals surface area contributed by atoms with Gasteiger partial charge < -0.3 is 0 Å². The van der Waals surface area contributed by atoms with E-state index in [2.05, 4.69) is 5.10 Å². The normalized spacial score (nSPS) is 11.7. The van der Waals surface area contributed by atoms with Crippen molar-refractivity contribution in [2.45, 2.75) is 12.7 Å². The van der Waals surface area contributed by atoms with Gasteiger partial charge in [-0.2, -0.15) is 18.3 Å². The van der Waals surface area contributed by atoms with Gasteiger partial charge in [0.1, 0.15) is 6.54 Å². The summed E-state index contributed by atoms with van der Waals surface area (Å²) in [4.78, 5) is 11.9. The molecule has 2 aromatic rings. The van der Waals surface area contributed by atoms with Crippen LogP contribution in [-0.2, 0) is 12.7 Å². The predicted octanol–water partition coefficient (Wildman–Crippen LogP) is 4.09. The molecule has 0 unspecified atom stereocenters. The molecule has 0 amide bonds. The first-order chi connectivity index (χ1) is 9.27. The van der Waals surface area contributed by atoms with Crippen LogP contribution in [0.25, 0.3) is 0 Å². The Hall–Kier alpha value is -1.53. The van der Waals surface area contributed by atoms with E-state index in [1.165, 1.54) is 18.2 Å². The Morgan fingerprint density at radius 1 is 1.30 bits per heavy atom. The smallest absolute Gasteiger partial charge is 0.292 e. The number of nitrogens with zero attached hydrogens (tertiary/aromatic N) is 2. The monoisotopic (exact) mass is 322 g/mol. The molecule has 1 aromatic heterocycles. The summed E-state index contributed by atoms with van der Waals surface area (Å²) < 4.78 is 38.1. The average molecular weight is 323 g/mol. The van der Waals surface area contributed by atoms with Crippen LogP contribution in [0.1, 0.15) is 15.9 Å². The molecule has 0 saturated carbocycles. The molecule has 8 heteroatoms. The van der Waals surface area contributed by atoms with Crippen molar-refractivity contribution < 1.29 is 18.0 Å². The first-order valence-electron chi connectivity index (χ1n) is 5.35. The summed E-state index contributed by atoms with van der Waals surface area (Å²) in [6.07, 6.45) is -3.06. The minimum absolute atomic E-state index is 0.144. The van der Waals surface area contributed by atoms with Crippen LogP contribution in [0.3, 0.4) is 0 Å². The SMILES string of the molecule is O=C(Cn1cc(C(F)(F)F)cn1)c1ccc(Cl)cc1Cl. The molecule has 0 saturated heterocycles. The van der Waals surface area contributed by atoms with Crippen molar-refractivity contribution in [1.29, 1.82) is 0 Å². The molecule has 0 bridgehead atoms. The highest BCUT2D eigenvalue weighted by Crippen LogP contribution is 2.28. The van der Waals surface area contributed by atoms with Gasteiger partial charge in [0, 0.05) is 16.8 Å². The Balaban J connectivity index is 2.17. The molecule has 0 radical (unpaired) electrons. The summed E-state index contributed by atoms with van der Waals surface area (Å²) in [5.74, 6) is -0.455. The summed E-state index contributed by atoms with van der Waals surface area (Å²) in [6.45, 7) is -0.336. The highest BCUT2D eigenvalue weighted by Gasteiger charge is 2.32. The zero-order valence-electron chi connectivity index (χ0n) is 9.79. The fourth-order valence-electron chi connectivity index (χ4n) is 1.54. The van der Waals surface area contributed by atoms with Gasteiger partial charge in [-0.3, -0.25) is 9.48 Å². The van der Waals surface area contributed by atoms with Crippen LogP contribution in [0.5, 0.6) is 0 Å². The molecule has 20 heavy (non-hydrogen) atoms. The lowest BCUT2D eigenvalue weighted by Crippen LogP contribution is -2.11. The van der Waals surface area contributed by atoms with E-state index in [0.717, 1.165) is 10.9 Å². The van der Waals surface area contributed by atoms with Crippen LogP contribution in [0, 0.1) is 0 Å². The van der Waals surface area contributed by atoms with Crippen LogP contribution in [0.2, 0.25) is 10.0 Å². The summed E-state index contributed by atoms with van der Waals surface area (Å²) >= 11 is 11.6. The number of hydrogen-bond acceptors (Lipinski definition) is 2. The number of benzene rings is 1. The number of ketones is 1. The molecule has 0 N–H and O–H groups in total. The second kappa shape index (κ2) is 5.46. The van der Waals surface area contributed by atoms with Gasteiger partial charge in [0.2, 0.25) is 0 Å². The van der Waals surface area contributed by atoms with Gasteiger partial charge in [-0.05, 0) is 18.2 Å². The molecule has 0 aliphatic carbocycles.